The largest absolute Gasteiger partial charge is 0.369 e. The van der Waals surface area contributed by atoms with Crippen LogP contribution >= 0.6 is 0 Å². The fourth-order valence-corrected chi connectivity index (χ4v) is 8.28. The second-order valence-corrected chi connectivity index (χ2v) is 23.0. The molecule has 0 aromatic carbocycles. The maximum Gasteiger partial charge on any atom is 0.147 e. The number of hydrogen-bond donors (Lipinski definition) is 8. The van der Waals surface area contributed by atoms with Crippen LogP contribution in [-0.2, 0) is 37.9 Å². The zero-order valence-corrected chi connectivity index (χ0v) is 49.2. The van der Waals surface area contributed by atoms with Crippen LogP contribution in [0, 0.1) is 29.1 Å². The number of hydrogen-bond acceptors (Lipinski definition) is 16. The van der Waals surface area contributed by atoms with Gasteiger partial charge in [0, 0.05) is 13.2 Å². The van der Waals surface area contributed by atoms with Gasteiger partial charge in [-0.25, -0.2) is 0 Å². The standard InChI is InChI=1S/C8H16BO2.3C7H14BO2.3C6H12BO2.C5H10BO2.4CH4/c1-5-6(2)9-4-8(10)11-7(5)3;1-7(2)4-8-3-6(9)10-5-7;1-5-4-10-7(9)3-8-6(5)2;1-5-3-8-4-7(9)10-6(5)2;1-5-2-7-3-6(8)9-4-5;1-5-2-3-9-6(8)4-7-5;1-5-2-3-7-4-6(8)9-5;7-5-4-6-2-1-3-8-5;;;;/h5-8,10H,4H2,1-3H3;6,9H,3-5H2,1-2H3;2*5-7,9H,3-4H2,1-2H3;3*5-6,8H,2-4H2,1H3;5,7H,1-4H2;4*1H4. The van der Waals surface area contributed by atoms with Crippen molar-refractivity contribution in [3.63, 3.8) is 0 Å². The predicted molar refractivity (Wildman–Crippen MR) is 337 cm³/mol. The van der Waals surface area contributed by atoms with E-state index in [1.54, 1.807) is 0 Å². The van der Waals surface area contributed by atoms with Crippen molar-refractivity contribution < 1.29 is 78.7 Å². The molecule has 8 heterocycles. The first kappa shape index (κ1) is 86.3. The third-order valence-electron chi connectivity index (χ3n) is 14.5. The van der Waals surface area contributed by atoms with Gasteiger partial charge in [0.25, 0.3) is 0 Å². The molecule has 18 atom stereocenters. The summed E-state index contributed by atoms with van der Waals surface area (Å²) in [6.45, 7) is 28.7. The van der Waals surface area contributed by atoms with Crippen LogP contribution in [0.1, 0.15) is 132 Å². The van der Waals surface area contributed by atoms with E-state index in [2.05, 4.69) is 121 Å². The van der Waals surface area contributed by atoms with E-state index in [0.717, 1.165) is 50.9 Å². The van der Waals surface area contributed by atoms with Crippen molar-refractivity contribution in [2.24, 2.45) is 29.1 Å². The lowest BCUT2D eigenvalue weighted by Crippen LogP contribution is -2.22. The van der Waals surface area contributed by atoms with Crippen LogP contribution in [0.15, 0.2) is 0 Å². The molecule has 18 unspecified atom stereocenters. The second-order valence-electron chi connectivity index (χ2n) is 23.0. The average Bonchev–Trinajstić information content (AvgIpc) is 4.03. The highest BCUT2D eigenvalue weighted by atomic mass is 16.6. The first-order chi connectivity index (χ1) is 35.9. The first-order valence-corrected chi connectivity index (χ1v) is 28.9. The van der Waals surface area contributed by atoms with E-state index >= 15 is 0 Å². The number of rotatable bonds is 0. The molecule has 8 saturated heterocycles. The summed E-state index contributed by atoms with van der Waals surface area (Å²) in [6, 6.07) is 0. The van der Waals surface area contributed by atoms with Gasteiger partial charge in [-0.2, -0.15) is 0 Å². The van der Waals surface area contributed by atoms with Crippen LogP contribution in [0.25, 0.3) is 0 Å². The van der Waals surface area contributed by atoms with E-state index in [-0.39, 0.29) is 53.4 Å². The molecule has 0 bridgehead atoms. The molecule has 8 rings (SSSR count). The van der Waals surface area contributed by atoms with Gasteiger partial charge in [-0.05, 0) is 120 Å². The lowest BCUT2D eigenvalue weighted by molar-refractivity contribution is -0.127. The third-order valence-corrected chi connectivity index (χ3v) is 14.5. The molecule has 80 heavy (non-hydrogen) atoms. The van der Waals surface area contributed by atoms with Crippen LogP contribution in [0.5, 0.6) is 0 Å². The van der Waals surface area contributed by atoms with Gasteiger partial charge in [0.15, 0.2) is 0 Å². The van der Waals surface area contributed by atoms with E-state index in [1.807, 2.05) is 20.8 Å². The molecule has 8 radical (unpaired) electrons. The van der Waals surface area contributed by atoms with Gasteiger partial charge in [-0.3, -0.25) is 0 Å². The Morgan fingerprint density at radius 1 is 0.400 bits per heavy atom. The number of ether oxygens (including phenoxy) is 8. The topological polar surface area (TPSA) is 236 Å². The van der Waals surface area contributed by atoms with Gasteiger partial charge in [0.2, 0.25) is 0 Å². The van der Waals surface area contributed by atoms with Gasteiger partial charge >= 0.3 is 0 Å². The number of aliphatic hydroxyl groups is 8. The van der Waals surface area contributed by atoms with Crippen LogP contribution < -0.4 is 0 Å². The Labute approximate surface area is 497 Å². The van der Waals surface area contributed by atoms with Crippen molar-refractivity contribution in [2.45, 2.75) is 300 Å². The molecule has 8 fully saturated rings. The van der Waals surface area contributed by atoms with Crippen LogP contribution in [0.3, 0.4) is 0 Å². The number of aliphatic hydroxyl groups excluding tert-OH is 8. The molecule has 8 aliphatic heterocycles. The monoisotopic (exact) mass is 1140 g/mol. The van der Waals surface area contributed by atoms with E-state index in [1.165, 1.54) is 0 Å². The van der Waals surface area contributed by atoms with E-state index in [9.17, 15) is 5.11 Å². The Morgan fingerprint density at radius 2 is 0.875 bits per heavy atom. The van der Waals surface area contributed by atoms with Gasteiger partial charge in [0.1, 0.15) is 109 Å². The van der Waals surface area contributed by atoms with Gasteiger partial charge < -0.3 is 78.7 Å². The van der Waals surface area contributed by atoms with E-state index in [0.29, 0.717) is 125 Å². The molecule has 464 valence electrons. The maximum absolute atomic E-state index is 9.24. The molecular weight excluding hydrogens is 1020 g/mol. The Hall–Kier alpha value is -0.121. The Kier molecular flexibility index (Phi) is 55.0. The molecule has 16 nitrogen and oxygen atoms in total. The fourth-order valence-electron chi connectivity index (χ4n) is 8.28. The Morgan fingerprint density at radius 3 is 1.57 bits per heavy atom. The quantitative estimate of drug-likeness (QED) is 0.106. The lowest BCUT2D eigenvalue weighted by atomic mass is 9.58. The zero-order chi connectivity index (χ0) is 57.1. The molecule has 8 aliphatic rings. The van der Waals surface area contributed by atoms with Crippen molar-refractivity contribution in [1.82, 2.24) is 0 Å². The maximum atomic E-state index is 9.24. The Balaban J connectivity index is -0.000000410. The molecule has 0 aliphatic carbocycles. The highest BCUT2D eigenvalue weighted by molar-refractivity contribution is 6.39. The van der Waals surface area contributed by atoms with Crippen molar-refractivity contribution in [3.05, 3.63) is 0 Å². The summed E-state index contributed by atoms with van der Waals surface area (Å²) in [5, 5.41) is 72.3. The summed E-state index contributed by atoms with van der Waals surface area (Å²) in [5.74, 6) is 3.87. The van der Waals surface area contributed by atoms with Gasteiger partial charge in [-0.15, -0.1) is 0 Å². The highest BCUT2D eigenvalue weighted by Gasteiger charge is 2.28. The van der Waals surface area contributed by atoms with Crippen molar-refractivity contribution in [2.75, 3.05) is 33.0 Å². The van der Waals surface area contributed by atoms with E-state index in [4.69, 9.17) is 73.6 Å². The average molecular weight is 1140 g/mol. The summed E-state index contributed by atoms with van der Waals surface area (Å²) in [5.41, 5.74) is 0.206. The highest BCUT2D eigenvalue weighted by Crippen LogP contribution is 2.28. The summed E-state index contributed by atoms with van der Waals surface area (Å²) < 4.78 is 40.9. The van der Waals surface area contributed by atoms with Crippen LogP contribution in [-0.4, -0.2) is 201 Å². The minimum Gasteiger partial charge on any atom is -0.369 e. The summed E-state index contributed by atoms with van der Waals surface area (Å²) >= 11 is 0. The summed E-state index contributed by atoms with van der Waals surface area (Å²) in [4.78, 5) is 0. The minimum absolute atomic E-state index is 0. The molecule has 8 N–H and O–H groups in total. The smallest absolute Gasteiger partial charge is 0.147 e. The van der Waals surface area contributed by atoms with Crippen molar-refractivity contribution in [1.29, 1.82) is 0 Å². The molecule has 0 aromatic heterocycles. The van der Waals surface area contributed by atoms with Crippen molar-refractivity contribution >= 4 is 58.2 Å². The zero-order valence-electron chi connectivity index (χ0n) is 49.2. The molecule has 0 amide bonds. The summed E-state index contributed by atoms with van der Waals surface area (Å²) in [6.07, 6.45) is 9.97. The molecule has 24 heteroatoms. The Bertz CT molecular complexity index is 1300. The predicted octanol–water partition coefficient (Wildman–Crippen LogP) is 8.63. The molecule has 0 aromatic rings. The SMILES string of the molecule is C.C.C.C.CC1(C)C[B]CC(O)OC1.CC1CC[B]CC(O)O1.CC1C[B]CC(O)OC1.CC1C[B]CC(O)OC1C.CC1[B]CC(O)OC(C)C1C.CC1[B]CC(O)OCC1.CC1[B]CC(O)OCC1C.OC1C[B]CCCO1. The molecule has 0 spiro atoms. The fraction of sp³-hybridized carbons (Fsp3) is 1.00. The molecular formula is C56H120B8O16. The van der Waals surface area contributed by atoms with Crippen LogP contribution in [0.4, 0.5) is 0 Å². The van der Waals surface area contributed by atoms with E-state index < -0.39 is 50.3 Å². The summed E-state index contributed by atoms with van der Waals surface area (Å²) in [7, 11) is 16.8. The normalized spacial score (nSPS) is 36.5. The van der Waals surface area contributed by atoms with Gasteiger partial charge in [-0.1, -0.05) is 141 Å². The second kappa shape index (κ2) is 51.0. The first-order valence-electron chi connectivity index (χ1n) is 28.9. The minimum atomic E-state index is -0.586. The lowest BCUT2D eigenvalue weighted by Gasteiger charge is -2.22. The van der Waals surface area contributed by atoms with Crippen molar-refractivity contribution in [3.8, 4) is 0 Å². The van der Waals surface area contributed by atoms with Crippen LogP contribution in [0.2, 0.25) is 99.6 Å². The van der Waals surface area contributed by atoms with Gasteiger partial charge in [0.05, 0.1) is 38.1 Å². The third kappa shape index (κ3) is 46.1. The molecule has 0 saturated carbocycles.